The molecule has 0 bridgehead atoms. The number of ether oxygens (including phenoxy) is 1. The van der Waals surface area contributed by atoms with Gasteiger partial charge in [0.15, 0.2) is 0 Å². The van der Waals surface area contributed by atoms with E-state index in [0.717, 1.165) is 38.5 Å². The molecule has 13 nitrogen and oxygen atoms in total. The van der Waals surface area contributed by atoms with Crippen molar-refractivity contribution >= 4 is 35.4 Å². The minimum absolute atomic E-state index is 0.0418. The van der Waals surface area contributed by atoms with Gasteiger partial charge in [0.2, 0.25) is 23.5 Å². The van der Waals surface area contributed by atoms with Crippen LogP contribution in [0.1, 0.15) is 98.8 Å². The number of carbonyl (C=O) groups is 6. The summed E-state index contributed by atoms with van der Waals surface area (Å²) >= 11 is 0. The molecular formula is C36H60N6O7. The molecule has 0 aromatic heterocycles. The summed E-state index contributed by atoms with van der Waals surface area (Å²) in [6.07, 6.45) is 8.59. The summed E-state index contributed by atoms with van der Waals surface area (Å²) in [4.78, 5) is 83.6. The molecule has 0 aromatic rings. The standard InChI is InChI=1S/C36H60N6O7/c1-7-18-37-33(46)31(44)26-15-11-9-8-10-14-21-49-23-27(34(47)42-20-17-25(24(2)3)30(42)32(45)38-26)39-35(48)40-28(36(4,5)6)22-41-19-13-12-16-29(41)43/h7,24-28,30H,1,8-23H2,2-6H3,(H,37,46)(H,38,45)(H2,39,40,48)/t25-,26+,27+,28-,30+/m1/s1. The molecule has 3 aliphatic heterocycles. The largest absolute Gasteiger partial charge is 0.379 e. The van der Waals surface area contributed by atoms with Gasteiger partial charge < -0.3 is 35.8 Å². The monoisotopic (exact) mass is 688 g/mol. The second-order valence-electron chi connectivity index (χ2n) is 15.1. The van der Waals surface area contributed by atoms with Crippen LogP contribution in [-0.2, 0) is 28.7 Å². The van der Waals surface area contributed by atoms with Gasteiger partial charge >= 0.3 is 6.03 Å². The minimum atomic E-state index is -1.08. The van der Waals surface area contributed by atoms with Gasteiger partial charge in [0.25, 0.3) is 5.91 Å². The number of amides is 6. The Morgan fingerprint density at radius 3 is 2.39 bits per heavy atom. The van der Waals surface area contributed by atoms with Crippen molar-refractivity contribution in [2.45, 2.75) is 123 Å². The Labute approximate surface area is 292 Å². The lowest BCUT2D eigenvalue weighted by molar-refractivity contribution is -0.144. The fraction of sp³-hybridized carbons (Fsp3) is 0.778. The van der Waals surface area contributed by atoms with Crippen molar-refractivity contribution in [1.82, 2.24) is 31.1 Å². The first-order chi connectivity index (χ1) is 23.2. The van der Waals surface area contributed by atoms with E-state index in [1.165, 1.54) is 11.0 Å². The number of hydrogen-bond donors (Lipinski definition) is 4. The predicted molar refractivity (Wildman–Crippen MR) is 186 cm³/mol. The Bertz CT molecular complexity index is 1180. The van der Waals surface area contributed by atoms with Gasteiger partial charge in [0, 0.05) is 39.2 Å². The third-order valence-electron chi connectivity index (χ3n) is 9.96. The summed E-state index contributed by atoms with van der Waals surface area (Å²) < 4.78 is 5.94. The zero-order valence-electron chi connectivity index (χ0n) is 30.3. The predicted octanol–water partition coefficient (Wildman–Crippen LogP) is 2.68. The third-order valence-corrected chi connectivity index (χ3v) is 9.96. The van der Waals surface area contributed by atoms with Crippen molar-refractivity contribution in [2.24, 2.45) is 17.3 Å². The summed E-state index contributed by atoms with van der Waals surface area (Å²) in [5.41, 5.74) is -0.380. The molecule has 3 fully saturated rings. The van der Waals surface area contributed by atoms with E-state index >= 15 is 0 Å². The van der Waals surface area contributed by atoms with Crippen molar-refractivity contribution in [3.05, 3.63) is 12.7 Å². The molecule has 5 atom stereocenters. The number of urea groups is 1. The van der Waals surface area contributed by atoms with Crippen molar-refractivity contribution in [2.75, 3.05) is 39.4 Å². The van der Waals surface area contributed by atoms with E-state index in [1.807, 2.05) is 34.6 Å². The quantitative estimate of drug-likeness (QED) is 0.214. The smallest absolute Gasteiger partial charge is 0.315 e. The topological polar surface area (TPSA) is 166 Å². The Kier molecular flexibility index (Phi) is 15.5. The Balaban J connectivity index is 1.85. The fourth-order valence-electron chi connectivity index (χ4n) is 6.86. The van der Waals surface area contributed by atoms with Gasteiger partial charge in [-0.05, 0) is 49.4 Å². The van der Waals surface area contributed by atoms with Gasteiger partial charge in [-0.3, -0.25) is 24.0 Å². The van der Waals surface area contributed by atoms with Gasteiger partial charge in [-0.25, -0.2) is 4.79 Å². The van der Waals surface area contributed by atoms with E-state index in [9.17, 15) is 28.8 Å². The maximum atomic E-state index is 14.3. The van der Waals surface area contributed by atoms with E-state index in [0.29, 0.717) is 51.9 Å². The molecule has 0 aromatic carbocycles. The second-order valence-corrected chi connectivity index (χ2v) is 15.1. The highest BCUT2D eigenvalue weighted by Gasteiger charge is 2.46. The third kappa shape index (κ3) is 11.8. The highest BCUT2D eigenvalue weighted by molar-refractivity contribution is 6.38. The van der Waals surface area contributed by atoms with Crippen molar-refractivity contribution in [1.29, 1.82) is 0 Å². The van der Waals surface area contributed by atoms with Crippen molar-refractivity contribution in [3.8, 4) is 0 Å². The SMILES string of the molecule is C=CCNC(=O)C(=O)[C@@H]1CCCCCCCOC[C@H](NC(=O)N[C@H](CN2CCCCC2=O)C(C)(C)C)C(=O)N2CC[C@H](C(C)C)[C@H]2C(=O)N1. The summed E-state index contributed by atoms with van der Waals surface area (Å²) in [5, 5.41) is 11.2. The molecule has 4 N–H and O–H groups in total. The van der Waals surface area contributed by atoms with Crippen LogP contribution in [0.2, 0.25) is 0 Å². The zero-order valence-corrected chi connectivity index (χ0v) is 30.3. The molecule has 49 heavy (non-hydrogen) atoms. The van der Waals surface area contributed by atoms with E-state index in [4.69, 9.17) is 4.74 Å². The lowest BCUT2D eigenvalue weighted by Gasteiger charge is -2.38. The van der Waals surface area contributed by atoms with Crippen LogP contribution in [-0.4, -0.2) is 109 Å². The molecule has 13 heteroatoms. The fourth-order valence-corrected chi connectivity index (χ4v) is 6.86. The molecule has 276 valence electrons. The summed E-state index contributed by atoms with van der Waals surface area (Å²) in [6, 6.07) is -3.94. The summed E-state index contributed by atoms with van der Waals surface area (Å²) in [6.45, 7) is 15.3. The van der Waals surface area contributed by atoms with Gasteiger partial charge in [0.05, 0.1) is 18.7 Å². The van der Waals surface area contributed by atoms with Gasteiger partial charge in [0.1, 0.15) is 12.1 Å². The molecule has 3 heterocycles. The van der Waals surface area contributed by atoms with Crippen LogP contribution in [0.5, 0.6) is 0 Å². The first-order valence-corrected chi connectivity index (χ1v) is 18.2. The molecule has 0 aliphatic carbocycles. The van der Waals surface area contributed by atoms with Gasteiger partial charge in [-0.2, -0.15) is 0 Å². The van der Waals surface area contributed by atoms with Crippen LogP contribution in [0, 0.1) is 17.3 Å². The number of rotatable bonds is 9. The van der Waals surface area contributed by atoms with Crippen LogP contribution in [0.3, 0.4) is 0 Å². The number of hydrogen-bond acceptors (Lipinski definition) is 7. The lowest BCUT2D eigenvalue weighted by Crippen LogP contribution is -2.61. The first-order valence-electron chi connectivity index (χ1n) is 18.2. The summed E-state index contributed by atoms with van der Waals surface area (Å²) in [5.74, 6) is -2.54. The molecule has 6 amide bonds. The van der Waals surface area contributed by atoms with Crippen LogP contribution in [0.15, 0.2) is 12.7 Å². The average Bonchev–Trinajstić information content (AvgIpc) is 3.50. The van der Waals surface area contributed by atoms with Crippen molar-refractivity contribution in [3.63, 3.8) is 0 Å². The molecule has 0 saturated carbocycles. The van der Waals surface area contributed by atoms with E-state index in [1.54, 1.807) is 4.90 Å². The van der Waals surface area contributed by atoms with Crippen molar-refractivity contribution < 1.29 is 33.5 Å². The lowest BCUT2D eigenvalue weighted by atomic mass is 9.86. The summed E-state index contributed by atoms with van der Waals surface area (Å²) in [7, 11) is 0. The van der Waals surface area contributed by atoms with Gasteiger partial charge in [-0.15, -0.1) is 6.58 Å². The second kappa shape index (κ2) is 19.1. The highest BCUT2D eigenvalue weighted by Crippen LogP contribution is 2.32. The van der Waals surface area contributed by atoms with E-state index in [2.05, 4.69) is 27.8 Å². The number of nitrogens with zero attached hydrogens (tertiary/aromatic N) is 2. The van der Waals surface area contributed by atoms with E-state index < -0.39 is 47.7 Å². The number of likely N-dealkylation sites (tertiary alicyclic amines) is 1. The Morgan fingerprint density at radius 2 is 1.71 bits per heavy atom. The number of Topliss-reactive ketones (excluding diaryl/α,β-unsaturated/α-hetero) is 1. The molecule has 0 spiro atoms. The Morgan fingerprint density at radius 1 is 1.00 bits per heavy atom. The number of fused-ring (bicyclic) bond motifs is 1. The molecule has 3 rings (SSSR count). The minimum Gasteiger partial charge on any atom is -0.379 e. The molecule has 0 radical (unpaired) electrons. The van der Waals surface area contributed by atoms with Crippen LogP contribution < -0.4 is 21.3 Å². The average molecular weight is 689 g/mol. The van der Waals surface area contributed by atoms with Crippen LogP contribution >= 0.6 is 0 Å². The Hall–Kier alpha value is -3.48. The number of ketones is 1. The maximum Gasteiger partial charge on any atom is 0.315 e. The van der Waals surface area contributed by atoms with Gasteiger partial charge in [-0.1, -0.05) is 66.4 Å². The maximum absolute atomic E-state index is 14.3. The number of piperidine rings is 1. The van der Waals surface area contributed by atoms with E-state index in [-0.39, 0.29) is 42.4 Å². The normalized spacial score (nSPS) is 25.6. The first kappa shape index (κ1) is 40.0. The molecule has 3 saturated heterocycles. The molecule has 0 unspecified atom stereocenters. The molecule has 3 aliphatic rings. The molecular weight excluding hydrogens is 628 g/mol. The van der Waals surface area contributed by atoms with Crippen LogP contribution in [0.4, 0.5) is 4.79 Å². The number of nitrogens with one attached hydrogen (secondary N) is 4. The van der Waals surface area contributed by atoms with Crippen LogP contribution in [0.25, 0.3) is 0 Å². The highest BCUT2D eigenvalue weighted by atomic mass is 16.5. The zero-order chi connectivity index (χ0) is 36.1. The number of carbonyl (C=O) groups excluding carboxylic acids is 6.